The van der Waals surface area contributed by atoms with Gasteiger partial charge in [0.2, 0.25) is 5.91 Å². The van der Waals surface area contributed by atoms with Gasteiger partial charge in [-0.1, -0.05) is 0 Å². The normalized spacial score (nSPS) is 21.2. The van der Waals surface area contributed by atoms with Crippen LogP contribution in [0.2, 0.25) is 0 Å². The third-order valence-corrected chi connectivity index (χ3v) is 5.00. The number of hydrogen-bond acceptors (Lipinski definition) is 5. The summed E-state index contributed by atoms with van der Waals surface area (Å²) in [4.78, 5) is 27.7. The summed E-state index contributed by atoms with van der Waals surface area (Å²) in [6.07, 6.45) is 2.62. The Bertz CT molecular complexity index is 579. The molecule has 1 heterocycles. The van der Waals surface area contributed by atoms with Crippen molar-refractivity contribution in [1.29, 1.82) is 0 Å². The molecule has 2 atom stereocenters. The third kappa shape index (κ3) is 4.38. The molecule has 21 heavy (non-hydrogen) atoms. The van der Waals surface area contributed by atoms with Gasteiger partial charge in [-0.15, -0.1) is 11.3 Å². The van der Waals surface area contributed by atoms with Crippen LogP contribution in [0.5, 0.6) is 0 Å². The van der Waals surface area contributed by atoms with Crippen molar-refractivity contribution in [3.8, 4) is 0 Å². The first-order valence-corrected chi connectivity index (χ1v) is 8.36. The van der Waals surface area contributed by atoms with Crippen molar-refractivity contribution in [3.63, 3.8) is 0 Å². The number of nitrogens with one attached hydrogen (secondary N) is 2. The number of amides is 1. The van der Waals surface area contributed by atoms with E-state index in [1.165, 1.54) is 11.3 Å². The van der Waals surface area contributed by atoms with Gasteiger partial charge in [0, 0.05) is 16.6 Å². The van der Waals surface area contributed by atoms with Gasteiger partial charge < -0.3 is 15.0 Å². The maximum absolute atomic E-state index is 12.1. The van der Waals surface area contributed by atoms with E-state index >= 15 is 0 Å². The first-order valence-electron chi connectivity index (χ1n) is 7.14. The van der Waals surface area contributed by atoms with Crippen LogP contribution in [-0.4, -0.2) is 29.5 Å². The molecule has 0 aromatic carbocycles. The summed E-state index contributed by atoms with van der Waals surface area (Å²) in [5.74, 6) is -0.238. The van der Waals surface area contributed by atoms with E-state index in [-0.39, 0.29) is 23.8 Å². The van der Waals surface area contributed by atoms with Crippen molar-refractivity contribution >= 4 is 35.4 Å². The fourth-order valence-electron chi connectivity index (χ4n) is 2.62. The highest BCUT2D eigenvalue weighted by Crippen LogP contribution is 2.27. The van der Waals surface area contributed by atoms with Gasteiger partial charge >= 0.3 is 5.97 Å². The van der Waals surface area contributed by atoms with Crippen LogP contribution in [0.4, 0.5) is 0 Å². The average molecular weight is 328 g/mol. The minimum Gasteiger partial charge on any atom is -0.466 e. The van der Waals surface area contributed by atoms with Crippen LogP contribution in [0.25, 0.3) is 0 Å². The van der Waals surface area contributed by atoms with Gasteiger partial charge in [0.25, 0.3) is 0 Å². The molecule has 0 bridgehead atoms. The summed E-state index contributed by atoms with van der Waals surface area (Å²) in [6, 6.07) is 0.0686. The van der Waals surface area contributed by atoms with Crippen molar-refractivity contribution in [2.24, 2.45) is 5.92 Å². The zero-order valence-electron chi connectivity index (χ0n) is 12.2. The molecule has 0 unspecified atom stereocenters. The van der Waals surface area contributed by atoms with Crippen molar-refractivity contribution in [2.45, 2.75) is 45.6 Å². The van der Waals surface area contributed by atoms with Gasteiger partial charge in [0.15, 0.2) is 3.95 Å². The molecule has 5 nitrogen and oxygen atoms in total. The van der Waals surface area contributed by atoms with Crippen molar-refractivity contribution in [2.75, 3.05) is 6.61 Å². The van der Waals surface area contributed by atoms with E-state index in [0.29, 0.717) is 23.4 Å². The SMILES string of the molecule is CCOC(=O)[C@H]1CC[C@@H](NC(=O)Cc2sc(=S)[nH]c2C)C1. The minimum absolute atomic E-state index is 0.0159. The largest absolute Gasteiger partial charge is 0.466 e. The Labute approximate surface area is 133 Å². The van der Waals surface area contributed by atoms with Gasteiger partial charge in [-0.2, -0.15) is 0 Å². The van der Waals surface area contributed by atoms with Crippen LogP contribution in [-0.2, 0) is 20.7 Å². The number of esters is 1. The quantitative estimate of drug-likeness (QED) is 0.643. The molecule has 1 aliphatic rings. The molecule has 7 heteroatoms. The van der Waals surface area contributed by atoms with E-state index < -0.39 is 0 Å². The Hall–Kier alpha value is -1.21. The fourth-order valence-corrected chi connectivity index (χ4v) is 3.91. The van der Waals surface area contributed by atoms with E-state index in [1.54, 1.807) is 6.92 Å². The number of carbonyl (C=O) groups excluding carboxylic acids is 2. The summed E-state index contributed by atoms with van der Waals surface area (Å²) in [5.41, 5.74) is 0.955. The van der Waals surface area contributed by atoms with Crippen LogP contribution in [0.1, 0.15) is 36.8 Å². The summed E-state index contributed by atoms with van der Waals surface area (Å²) in [7, 11) is 0. The topological polar surface area (TPSA) is 71.2 Å². The predicted molar refractivity (Wildman–Crippen MR) is 83.8 cm³/mol. The lowest BCUT2D eigenvalue weighted by Crippen LogP contribution is -2.34. The monoisotopic (exact) mass is 328 g/mol. The number of H-pyrrole nitrogens is 1. The number of thiazole rings is 1. The molecule has 2 rings (SSSR count). The second-order valence-electron chi connectivity index (χ2n) is 5.27. The Morgan fingerprint density at radius 1 is 1.48 bits per heavy atom. The third-order valence-electron chi connectivity index (χ3n) is 3.66. The molecule has 1 aromatic rings. The van der Waals surface area contributed by atoms with E-state index in [0.717, 1.165) is 23.4 Å². The first-order chi connectivity index (χ1) is 9.99. The Balaban J connectivity index is 1.83. The van der Waals surface area contributed by atoms with Crippen LogP contribution < -0.4 is 5.32 Å². The summed E-state index contributed by atoms with van der Waals surface area (Å²) in [6.45, 7) is 4.13. The van der Waals surface area contributed by atoms with Gasteiger partial charge in [-0.25, -0.2) is 0 Å². The van der Waals surface area contributed by atoms with Gasteiger partial charge in [0.05, 0.1) is 18.9 Å². The standard InChI is InChI=1S/C14H20N2O3S2/c1-3-19-13(18)9-4-5-10(6-9)16-12(17)7-11-8(2)15-14(20)21-11/h9-10H,3-7H2,1-2H3,(H,15,20)(H,16,17)/t9-,10+/m0/s1. The predicted octanol–water partition coefficient (Wildman–Crippen LogP) is 2.50. The van der Waals surface area contributed by atoms with Crippen molar-refractivity contribution < 1.29 is 14.3 Å². The number of aryl methyl sites for hydroxylation is 1. The van der Waals surface area contributed by atoms with Gasteiger partial charge in [0.1, 0.15) is 0 Å². The number of ether oxygens (including phenoxy) is 1. The number of aromatic nitrogens is 1. The summed E-state index contributed by atoms with van der Waals surface area (Å²) >= 11 is 6.50. The number of hydrogen-bond donors (Lipinski definition) is 2. The van der Waals surface area contributed by atoms with Crippen molar-refractivity contribution in [1.82, 2.24) is 10.3 Å². The molecular weight excluding hydrogens is 308 g/mol. The van der Waals surface area contributed by atoms with E-state index in [2.05, 4.69) is 10.3 Å². The fraction of sp³-hybridized carbons (Fsp3) is 0.643. The maximum atomic E-state index is 12.1. The van der Waals surface area contributed by atoms with Crippen LogP contribution in [0, 0.1) is 16.8 Å². The maximum Gasteiger partial charge on any atom is 0.308 e. The number of carbonyl (C=O) groups is 2. The average Bonchev–Trinajstić information content (AvgIpc) is 2.97. The lowest BCUT2D eigenvalue weighted by Gasteiger charge is -2.13. The Morgan fingerprint density at radius 2 is 2.24 bits per heavy atom. The Kier molecular flexibility index (Phi) is 5.52. The molecule has 1 aliphatic carbocycles. The molecule has 0 saturated heterocycles. The van der Waals surface area contributed by atoms with Crippen LogP contribution in [0.15, 0.2) is 0 Å². The highest BCUT2D eigenvalue weighted by Gasteiger charge is 2.31. The minimum atomic E-state index is -0.145. The van der Waals surface area contributed by atoms with E-state index in [9.17, 15) is 9.59 Å². The first kappa shape index (κ1) is 16.2. The molecule has 0 aliphatic heterocycles. The van der Waals surface area contributed by atoms with Gasteiger partial charge in [-0.05, 0) is 45.3 Å². The second-order valence-corrected chi connectivity index (χ2v) is 7.04. The van der Waals surface area contributed by atoms with Crippen LogP contribution >= 0.6 is 23.6 Å². The molecule has 116 valence electrons. The Morgan fingerprint density at radius 3 is 2.86 bits per heavy atom. The zero-order chi connectivity index (χ0) is 15.4. The molecule has 0 radical (unpaired) electrons. The zero-order valence-corrected chi connectivity index (χ0v) is 13.9. The highest BCUT2D eigenvalue weighted by atomic mass is 32.1. The van der Waals surface area contributed by atoms with Gasteiger partial charge in [-0.3, -0.25) is 9.59 Å². The molecule has 1 amide bonds. The highest BCUT2D eigenvalue weighted by molar-refractivity contribution is 7.73. The van der Waals surface area contributed by atoms with Crippen LogP contribution in [0.3, 0.4) is 0 Å². The second kappa shape index (κ2) is 7.17. The lowest BCUT2D eigenvalue weighted by atomic mass is 10.1. The molecule has 0 spiro atoms. The molecule has 2 N–H and O–H groups in total. The molecular formula is C14H20N2O3S2. The summed E-state index contributed by atoms with van der Waals surface area (Å²) < 4.78 is 5.72. The smallest absolute Gasteiger partial charge is 0.308 e. The molecule has 1 saturated carbocycles. The molecule has 1 aromatic heterocycles. The number of aromatic amines is 1. The lowest BCUT2D eigenvalue weighted by molar-refractivity contribution is -0.147. The molecule has 1 fully saturated rings. The van der Waals surface area contributed by atoms with E-state index in [4.69, 9.17) is 17.0 Å². The number of rotatable bonds is 5. The van der Waals surface area contributed by atoms with Crippen molar-refractivity contribution in [3.05, 3.63) is 14.5 Å². The summed E-state index contributed by atoms with van der Waals surface area (Å²) in [5, 5.41) is 3.00. The van der Waals surface area contributed by atoms with E-state index in [1.807, 2.05) is 6.92 Å².